The van der Waals surface area contributed by atoms with E-state index in [1.165, 1.54) is 6.07 Å². The van der Waals surface area contributed by atoms with E-state index in [0.717, 1.165) is 11.9 Å². The average Bonchev–Trinajstić information content (AvgIpc) is 2.97. The maximum absolute atomic E-state index is 12.6. The first-order valence-corrected chi connectivity index (χ1v) is 7.88. The number of rotatable bonds is 3. The minimum absolute atomic E-state index is 0.146. The van der Waals surface area contributed by atoms with Gasteiger partial charge in [-0.15, -0.1) is 0 Å². The van der Waals surface area contributed by atoms with Crippen molar-refractivity contribution in [3.05, 3.63) is 45.2 Å². The molecular weight excluding hydrogens is 329 g/mol. The van der Waals surface area contributed by atoms with Crippen LogP contribution < -0.4 is 10.5 Å². The van der Waals surface area contributed by atoms with Gasteiger partial charge < -0.3 is 9.88 Å². The molecule has 3 heterocycles. The first kappa shape index (κ1) is 16.0. The van der Waals surface area contributed by atoms with Crippen molar-refractivity contribution in [2.75, 3.05) is 31.1 Å². The Balaban J connectivity index is 1.57. The van der Waals surface area contributed by atoms with Crippen molar-refractivity contribution in [1.29, 1.82) is 0 Å². The Bertz CT molecular complexity index is 719. The summed E-state index contributed by atoms with van der Waals surface area (Å²) in [5.74, 6) is 0.769. The van der Waals surface area contributed by atoms with E-state index in [4.69, 9.17) is 0 Å². The molecule has 1 N–H and O–H groups in total. The van der Waals surface area contributed by atoms with Crippen molar-refractivity contribution < 1.29 is 13.2 Å². The predicted molar refractivity (Wildman–Crippen MR) is 81.7 cm³/mol. The van der Waals surface area contributed by atoms with Gasteiger partial charge >= 0.3 is 6.18 Å². The Morgan fingerprint density at radius 2 is 1.96 bits per heavy atom. The molecule has 5 nitrogen and oxygen atoms in total. The molecule has 1 saturated heterocycles. The van der Waals surface area contributed by atoms with Gasteiger partial charge in [0, 0.05) is 38.8 Å². The molecule has 3 rings (SSSR count). The van der Waals surface area contributed by atoms with Crippen LogP contribution in [0.1, 0.15) is 10.6 Å². The molecule has 2 aromatic heterocycles. The molecule has 9 heteroatoms. The van der Waals surface area contributed by atoms with Crippen LogP contribution in [0.4, 0.5) is 19.0 Å². The highest BCUT2D eigenvalue weighted by Crippen LogP contribution is 2.32. The minimum Gasteiger partial charge on any atom is -0.356 e. The summed E-state index contributed by atoms with van der Waals surface area (Å²) in [6.45, 7) is 3.23. The second kappa shape index (κ2) is 6.32. The van der Waals surface area contributed by atoms with Crippen molar-refractivity contribution in [2.45, 2.75) is 12.7 Å². The Hall–Kier alpha value is -1.87. The molecule has 2 aromatic rings. The fraction of sp³-hybridized carbons (Fsp3) is 0.429. The number of halogens is 3. The van der Waals surface area contributed by atoms with E-state index in [9.17, 15) is 18.0 Å². The number of H-pyrrole nitrogens is 1. The van der Waals surface area contributed by atoms with Crippen molar-refractivity contribution in [3.8, 4) is 0 Å². The van der Waals surface area contributed by atoms with Crippen LogP contribution in [0.5, 0.6) is 0 Å². The number of anilines is 1. The highest BCUT2D eigenvalue weighted by Gasteiger charge is 2.33. The van der Waals surface area contributed by atoms with E-state index in [1.54, 1.807) is 6.07 Å². The third-order valence-corrected chi connectivity index (χ3v) is 4.56. The van der Waals surface area contributed by atoms with Crippen LogP contribution in [0.25, 0.3) is 0 Å². The first-order valence-electron chi connectivity index (χ1n) is 7.11. The summed E-state index contributed by atoms with van der Waals surface area (Å²) < 4.78 is 41.6. The molecule has 0 aliphatic carbocycles. The van der Waals surface area contributed by atoms with Gasteiger partial charge in [-0.1, -0.05) is 6.07 Å². The highest BCUT2D eigenvalue weighted by atomic mass is 32.1. The summed E-state index contributed by atoms with van der Waals surface area (Å²) in [5.41, 5.74) is 0.302. The van der Waals surface area contributed by atoms with E-state index in [0.29, 0.717) is 50.0 Å². The molecule has 0 unspecified atom stereocenters. The molecule has 0 aromatic carbocycles. The predicted octanol–water partition coefficient (Wildman–Crippen LogP) is 2.17. The number of aromatic amines is 1. The summed E-state index contributed by atoms with van der Waals surface area (Å²) in [6, 6.07) is 6.12. The Morgan fingerprint density at radius 3 is 2.57 bits per heavy atom. The lowest BCUT2D eigenvalue weighted by Crippen LogP contribution is -2.46. The number of hydrogen-bond donors (Lipinski definition) is 1. The van der Waals surface area contributed by atoms with Gasteiger partial charge in [-0.2, -0.15) is 17.5 Å². The van der Waals surface area contributed by atoms with Crippen LogP contribution in [0.2, 0.25) is 0 Å². The fourth-order valence-electron chi connectivity index (χ4n) is 2.52. The summed E-state index contributed by atoms with van der Waals surface area (Å²) in [7, 11) is 0. The highest BCUT2D eigenvalue weighted by molar-refractivity contribution is 7.05. The maximum Gasteiger partial charge on any atom is 0.427 e. The molecule has 0 spiro atoms. The van der Waals surface area contributed by atoms with Crippen LogP contribution in [-0.4, -0.2) is 40.4 Å². The van der Waals surface area contributed by atoms with Crippen LogP contribution in [-0.2, 0) is 12.7 Å². The van der Waals surface area contributed by atoms with E-state index in [1.807, 2.05) is 6.07 Å². The zero-order valence-corrected chi connectivity index (χ0v) is 13.0. The molecule has 0 atom stereocenters. The zero-order valence-electron chi connectivity index (χ0n) is 12.1. The Morgan fingerprint density at radius 1 is 1.22 bits per heavy atom. The van der Waals surface area contributed by atoms with Crippen molar-refractivity contribution in [3.63, 3.8) is 0 Å². The third-order valence-electron chi connectivity index (χ3n) is 3.69. The first-order chi connectivity index (χ1) is 10.9. The summed E-state index contributed by atoms with van der Waals surface area (Å²) >= 11 is 0.492. The lowest BCUT2D eigenvalue weighted by atomic mass is 10.2. The number of nitrogens with one attached hydrogen (secondary N) is 1. The lowest BCUT2D eigenvalue weighted by molar-refractivity contribution is -0.134. The number of alkyl halides is 3. The van der Waals surface area contributed by atoms with Gasteiger partial charge in [0.2, 0.25) is 5.56 Å². The van der Waals surface area contributed by atoms with Crippen LogP contribution >= 0.6 is 11.5 Å². The Labute approximate surface area is 134 Å². The van der Waals surface area contributed by atoms with Crippen molar-refractivity contribution >= 4 is 17.4 Å². The van der Waals surface area contributed by atoms with Crippen molar-refractivity contribution in [2.24, 2.45) is 0 Å². The molecule has 0 radical (unpaired) electrons. The number of nitrogens with zero attached hydrogens (tertiary/aromatic N) is 3. The largest absolute Gasteiger partial charge is 0.427 e. The second-order valence-electron chi connectivity index (χ2n) is 5.34. The maximum atomic E-state index is 12.6. The van der Waals surface area contributed by atoms with Gasteiger partial charge in [-0.3, -0.25) is 9.69 Å². The van der Waals surface area contributed by atoms with Gasteiger partial charge in [-0.25, -0.2) is 0 Å². The quantitative estimate of drug-likeness (QED) is 0.927. The monoisotopic (exact) mass is 344 g/mol. The number of piperazine rings is 1. The molecule has 124 valence electrons. The second-order valence-corrected chi connectivity index (χ2v) is 6.15. The molecule has 1 aliphatic heterocycles. The molecule has 0 bridgehead atoms. The number of hydrogen-bond acceptors (Lipinski definition) is 5. The van der Waals surface area contributed by atoms with E-state index >= 15 is 0 Å². The van der Waals surface area contributed by atoms with Gasteiger partial charge in [0.05, 0.1) is 5.69 Å². The topological polar surface area (TPSA) is 52.2 Å². The van der Waals surface area contributed by atoms with Crippen LogP contribution in [0.3, 0.4) is 0 Å². The summed E-state index contributed by atoms with van der Waals surface area (Å²) in [4.78, 5) is 17.6. The number of pyridine rings is 1. The minimum atomic E-state index is -4.33. The van der Waals surface area contributed by atoms with Gasteiger partial charge in [-0.05, 0) is 23.7 Å². The number of aromatic nitrogens is 2. The molecule has 0 saturated carbocycles. The smallest absolute Gasteiger partial charge is 0.356 e. The van der Waals surface area contributed by atoms with Gasteiger partial charge in [0.15, 0.2) is 0 Å². The van der Waals surface area contributed by atoms with E-state index < -0.39 is 11.1 Å². The zero-order chi connectivity index (χ0) is 16.4. The van der Waals surface area contributed by atoms with Crippen LogP contribution in [0, 0.1) is 0 Å². The van der Waals surface area contributed by atoms with Crippen LogP contribution in [0.15, 0.2) is 29.1 Å². The molecular formula is C14H15F3N4OS. The Kier molecular flexibility index (Phi) is 4.40. The van der Waals surface area contributed by atoms with Crippen molar-refractivity contribution in [1.82, 2.24) is 14.3 Å². The molecule has 23 heavy (non-hydrogen) atoms. The lowest BCUT2D eigenvalue weighted by Gasteiger charge is -2.35. The van der Waals surface area contributed by atoms with Gasteiger partial charge in [0.25, 0.3) is 0 Å². The molecule has 0 amide bonds. The SMILES string of the molecule is O=c1cccc(N2CCN(Cc3cc(C(F)(F)F)sn3)CC2)[nH]1. The summed E-state index contributed by atoms with van der Waals surface area (Å²) in [5, 5.41) is 0. The summed E-state index contributed by atoms with van der Waals surface area (Å²) in [6.07, 6.45) is -4.33. The van der Waals surface area contributed by atoms with Gasteiger partial charge in [0.1, 0.15) is 10.7 Å². The normalized spacial score (nSPS) is 16.7. The molecule has 1 fully saturated rings. The van der Waals surface area contributed by atoms with E-state index in [2.05, 4.69) is 19.2 Å². The third kappa shape index (κ3) is 3.91. The average molecular weight is 344 g/mol. The molecule has 1 aliphatic rings. The standard InChI is InChI=1S/C14H15F3N4OS/c15-14(16,17)11-8-10(19-23-11)9-20-4-6-21(7-5-20)12-2-1-3-13(22)18-12/h1-3,8H,4-7,9H2,(H,18,22). The fourth-order valence-corrected chi connectivity index (χ4v) is 3.13. The van der Waals surface area contributed by atoms with E-state index in [-0.39, 0.29) is 5.56 Å².